The van der Waals surface area contributed by atoms with Crippen molar-refractivity contribution in [2.24, 2.45) is 0 Å². The van der Waals surface area contributed by atoms with Crippen LogP contribution >= 0.6 is 0 Å². The first kappa shape index (κ1) is 27.1. The van der Waals surface area contributed by atoms with Gasteiger partial charge in [-0.05, 0) is 42.7 Å². The number of benzene rings is 3. The van der Waals surface area contributed by atoms with Crippen LogP contribution < -0.4 is 5.32 Å². The molecule has 0 saturated heterocycles. The van der Waals surface area contributed by atoms with E-state index in [2.05, 4.69) is 5.32 Å². The van der Waals surface area contributed by atoms with Crippen LogP contribution in [0.2, 0.25) is 0 Å². The highest BCUT2D eigenvalue weighted by Crippen LogP contribution is 2.30. The van der Waals surface area contributed by atoms with Gasteiger partial charge < -0.3 is 10.2 Å². The number of hydrogen-bond donors (Lipinski definition) is 1. The predicted molar refractivity (Wildman–Crippen MR) is 144 cm³/mol. The molecule has 1 N–H and O–H groups in total. The zero-order valence-corrected chi connectivity index (χ0v) is 22.3. The molecule has 1 aliphatic rings. The SMILES string of the molecule is CCNC(=O)[C@@H](Cc1ccccc1)N(Cc1ccccc1C)C(=O)CCN1C(=O)c2ccccc2S1(=O)=O. The molecule has 3 aromatic rings. The van der Waals surface area contributed by atoms with E-state index in [0.29, 0.717) is 6.54 Å². The number of amides is 3. The van der Waals surface area contributed by atoms with Crippen molar-refractivity contribution in [2.45, 2.75) is 44.2 Å². The summed E-state index contributed by atoms with van der Waals surface area (Å²) in [5.74, 6) is -1.36. The Morgan fingerprint density at radius 2 is 1.61 bits per heavy atom. The molecule has 9 heteroatoms. The zero-order chi connectivity index (χ0) is 27.3. The minimum Gasteiger partial charge on any atom is -0.355 e. The van der Waals surface area contributed by atoms with Gasteiger partial charge in [-0.3, -0.25) is 14.4 Å². The number of hydrogen-bond acceptors (Lipinski definition) is 5. The molecule has 1 heterocycles. The molecule has 198 valence electrons. The number of fused-ring (bicyclic) bond motifs is 1. The van der Waals surface area contributed by atoms with E-state index in [-0.39, 0.29) is 42.3 Å². The summed E-state index contributed by atoms with van der Waals surface area (Å²) < 4.78 is 26.7. The van der Waals surface area contributed by atoms with Crippen molar-refractivity contribution in [3.05, 3.63) is 101 Å². The molecule has 1 atom stereocenters. The quantitative estimate of drug-likeness (QED) is 0.431. The van der Waals surface area contributed by atoms with E-state index in [4.69, 9.17) is 0 Å². The first-order chi connectivity index (χ1) is 18.2. The highest BCUT2D eigenvalue weighted by molar-refractivity contribution is 7.90. The van der Waals surface area contributed by atoms with E-state index < -0.39 is 27.9 Å². The Bertz CT molecular complexity index is 1440. The van der Waals surface area contributed by atoms with Gasteiger partial charge in [-0.1, -0.05) is 66.7 Å². The third-order valence-electron chi connectivity index (χ3n) is 6.66. The van der Waals surface area contributed by atoms with E-state index in [0.717, 1.165) is 21.0 Å². The highest BCUT2D eigenvalue weighted by Gasteiger charge is 2.41. The average molecular weight is 534 g/mol. The van der Waals surface area contributed by atoms with Crippen molar-refractivity contribution >= 4 is 27.7 Å². The first-order valence-electron chi connectivity index (χ1n) is 12.6. The summed E-state index contributed by atoms with van der Waals surface area (Å²) in [6.45, 7) is 4.00. The van der Waals surface area contributed by atoms with Crippen LogP contribution in [0.5, 0.6) is 0 Å². The Balaban J connectivity index is 1.63. The fourth-order valence-corrected chi connectivity index (χ4v) is 6.18. The van der Waals surface area contributed by atoms with Crippen LogP contribution in [-0.4, -0.2) is 54.5 Å². The molecule has 0 aromatic heterocycles. The molecule has 0 spiro atoms. The maximum absolute atomic E-state index is 13.8. The lowest BCUT2D eigenvalue weighted by Crippen LogP contribution is -2.51. The molecule has 1 aliphatic heterocycles. The predicted octanol–water partition coefficient (Wildman–Crippen LogP) is 3.31. The topological polar surface area (TPSA) is 104 Å². The van der Waals surface area contributed by atoms with E-state index in [1.165, 1.54) is 17.0 Å². The summed E-state index contributed by atoms with van der Waals surface area (Å²) >= 11 is 0. The molecular weight excluding hydrogens is 502 g/mol. The van der Waals surface area contributed by atoms with Gasteiger partial charge in [0.25, 0.3) is 15.9 Å². The molecule has 0 unspecified atom stereocenters. The number of carbonyl (C=O) groups excluding carboxylic acids is 3. The summed E-state index contributed by atoms with van der Waals surface area (Å²) in [6.07, 6.45) is 0.0339. The largest absolute Gasteiger partial charge is 0.355 e. The summed E-state index contributed by atoms with van der Waals surface area (Å²) in [7, 11) is -4.04. The van der Waals surface area contributed by atoms with Gasteiger partial charge in [0.05, 0.1) is 5.56 Å². The molecular formula is C29H31N3O5S. The van der Waals surface area contributed by atoms with Gasteiger partial charge in [0.1, 0.15) is 10.9 Å². The minimum atomic E-state index is -4.04. The number of rotatable bonds is 10. The normalized spacial score (nSPS) is 14.6. The lowest BCUT2D eigenvalue weighted by Gasteiger charge is -2.32. The van der Waals surface area contributed by atoms with Gasteiger partial charge in [0.15, 0.2) is 0 Å². The van der Waals surface area contributed by atoms with Crippen LogP contribution in [-0.2, 0) is 32.6 Å². The van der Waals surface area contributed by atoms with Gasteiger partial charge in [-0.25, -0.2) is 12.7 Å². The van der Waals surface area contributed by atoms with Crippen LogP contribution in [0, 0.1) is 6.92 Å². The van der Waals surface area contributed by atoms with Crippen molar-refractivity contribution in [1.82, 2.24) is 14.5 Å². The average Bonchev–Trinajstić information content (AvgIpc) is 3.11. The smallest absolute Gasteiger partial charge is 0.269 e. The van der Waals surface area contributed by atoms with Crippen molar-refractivity contribution in [1.29, 1.82) is 0 Å². The van der Waals surface area contributed by atoms with Crippen molar-refractivity contribution in [3.8, 4) is 0 Å². The Morgan fingerprint density at radius 1 is 0.947 bits per heavy atom. The highest BCUT2D eigenvalue weighted by atomic mass is 32.2. The molecule has 0 aliphatic carbocycles. The Labute approximate surface area is 223 Å². The maximum Gasteiger partial charge on any atom is 0.269 e. The summed E-state index contributed by atoms with van der Waals surface area (Å²) in [6, 6.07) is 22.2. The molecule has 0 fully saturated rings. The van der Waals surface area contributed by atoms with Crippen molar-refractivity contribution in [2.75, 3.05) is 13.1 Å². The lowest BCUT2D eigenvalue weighted by atomic mass is 10.0. The number of aryl methyl sites for hydroxylation is 1. The zero-order valence-electron chi connectivity index (χ0n) is 21.5. The van der Waals surface area contributed by atoms with Crippen LogP contribution in [0.3, 0.4) is 0 Å². The second-order valence-electron chi connectivity index (χ2n) is 9.18. The number of nitrogens with one attached hydrogen (secondary N) is 1. The molecule has 3 amide bonds. The Morgan fingerprint density at radius 3 is 2.29 bits per heavy atom. The fraction of sp³-hybridized carbons (Fsp3) is 0.276. The van der Waals surface area contributed by atoms with E-state index >= 15 is 0 Å². The maximum atomic E-state index is 13.8. The van der Waals surface area contributed by atoms with Gasteiger partial charge >= 0.3 is 0 Å². The van der Waals surface area contributed by atoms with Crippen molar-refractivity contribution in [3.63, 3.8) is 0 Å². The summed E-state index contributed by atoms with van der Waals surface area (Å²) in [4.78, 5) is 41.3. The molecule has 8 nitrogen and oxygen atoms in total. The Kier molecular flexibility index (Phi) is 8.26. The van der Waals surface area contributed by atoms with Crippen LogP contribution in [0.25, 0.3) is 0 Å². The molecule has 0 radical (unpaired) electrons. The number of nitrogens with zero attached hydrogens (tertiary/aromatic N) is 2. The third kappa shape index (κ3) is 5.62. The number of carbonyl (C=O) groups is 3. The van der Waals surface area contributed by atoms with E-state index in [1.54, 1.807) is 12.1 Å². The number of likely N-dealkylation sites (N-methyl/N-ethyl adjacent to an activating group) is 1. The molecule has 0 saturated carbocycles. The van der Waals surface area contributed by atoms with Gasteiger partial charge in [0, 0.05) is 32.5 Å². The second-order valence-corrected chi connectivity index (χ2v) is 11.0. The minimum absolute atomic E-state index is 0.0570. The molecule has 4 rings (SSSR count). The third-order valence-corrected chi connectivity index (χ3v) is 8.51. The molecule has 3 aromatic carbocycles. The van der Waals surface area contributed by atoms with Gasteiger partial charge in [0.2, 0.25) is 11.8 Å². The standard InChI is InChI=1S/C29H31N3O5S/c1-3-30-28(34)25(19-22-12-5-4-6-13-22)31(20-23-14-8-7-11-21(23)2)27(33)17-18-32-29(35)24-15-9-10-16-26(24)38(32,36)37/h4-16,25H,3,17-20H2,1-2H3,(H,30,34)/t25-/m1/s1. The molecule has 0 bridgehead atoms. The van der Waals surface area contributed by atoms with Crippen molar-refractivity contribution < 1.29 is 22.8 Å². The first-order valence-corrected chi connectivity index (χ1v) is 14.0. The van der Waals surface area contributed by atoms with Gasteiger partial charge in [-0.15, -0.1) is 0 Å². The van der Waals surface area contributed by atoms with Gasteiger partial charge in [-0.2, -0.15) is 0 Å². The summed E-state index contributed by atoms with van der Waals surface area (Å²) in [5.41, 5.74) is 2.83. The number of sulfonamides is 1. The van der Waals surface area contributed by atoms with Crippen LogP contribution in [0.15, 0.2) is 83.8 Å². The van der Waals surface area contributed by atoms with E-state index in [9.17, 15) is 22.8 Å². The molecule has 38 heavy (non-hydrogen) atoms. The Hall–Kier alpha value is -3.98. The lowest BCUT2D eigenvalue weighted by molar-refractivity contribution is -0.141. The summed E-state index contributed by atoms with van der Waals surface area (Å²) in [5, 5.41) is 2.84. The fourth-order valence-electron chi connectivity index (χ4n) is 4.61. The monoisotopic (exact) mass is 533 g/mol. The van der Waals surface area contributed by atoms with Crippen LogP contribution in [0.1, 0.15) is 40.4 Å². The van der Waals surface area contributed by atoms with Crippen LogP contribution in [0.4, 0.5) is 0 Å². The second kappa shape index (κ2) is 11.6. The van der Waals surface area contributed by atoms with E-state index in [1.807, 2.05) is 68.4 Å².